The van der Waals surface area contributed by atoms with Crippen LogP contribution in [0.4, 0.5) is 13.2 Å². The van der Waals surface area contributed by atoms with E-state index in [1.54, 1.807) is 19.2 Å². The topological polar surface area (TPSA) is 67.7 Å². The Balaban J connectivity index is 2.59. The molecule has 1 aromatic carbocycles. The monoisotopic (exact) mass is 268 g/mol. The Morgan fingerprint density at radius 2 is 2.00 bits per heavy atom. The van der Waals surface area contributed by atoms with Gasteiger partial charge in [0.1, 0.15) is 5.84 Å². The Bertz CT molecular complexity index is 628. The highest BCUT2D eigenvalue weighted by molar-refractivity contribution is 5.96. The molecule has 0 fully saturated rings. The Labute approximate surface area is 107 Å². The summed E-state index contributed by atoms with van der Waals surface area (Å²) in [5, 5.41) is 11.2. The number of nitrogens with one attached hydrogen (secondary N) is 1. The largest absolute Gasteiger partial charge is 0.417 e. The summed E-state index contributed by atoms with van der Waals surface area (Å²) in [7, 11) is 0. The van der Waals surface area contributed by atoms with Crippen LogP contribution in [0.3, 0.4) is 0 Å². The van der Waals surface area contributed by atoms with Gasteiger partial charge in [0.15, 0.2) is 0 Å². The molecule has 1 heterocycles. The van der Waals surface area contributed by atoms with E-state index in [0.717, 1.165) is 6.07 Å². The van der Waals surface area contributed by atoms with Gasteiger partial charge in [-0.25, -0.2) is 4.68 Å². The number of alkyl halides is 3. The fourth-order valence-electron chi connectivity index (χ4n) is 1.70. The van der Waals surface area contributed by atoms with E-state index >= 15 is 0 Å². The lowest BCUT2D eigenvalue weighted by Crippen LogP contribution is -2.19. The molecule has 0 spiro atoms. The third-order valence-corrected chi connectivity index (χ3v) is 2.59. The van der Waals surface area contributed by atoms with Crippen LogP contribution in [0.25, 0.3) is 5.69 Å². The van der Waals surface area contributed by atoms with Crippen molar-refractivity contribution in [2.24, 2.45) is 5.73 Å². The summed E-state index contributed by atoms with van der Waals surface area (Å²) in [6.07, 6.45) is -3.00. The van der Waals surface area contributed by atoms with Gasteiger partial charge in [0.2, 0.25) is 0 Å². The minimum absolute atomic E-state index is 0.269. The highest BCUT2D eigenvalue weighted by Gasteiger charge is 2.34. The van der Waals surface area contributed by atoms with Crippen LogP contribution in [0.15, 0.2) is 30.5 Å². The number of nitrogens with two attached hydrogens (primary N) is 1. The maximum Gasteiger partial charge on any atom is 0.417 e. The molecule has 1 aromatic heterocycles. The second-order valence-electron chi connectivity index (χ2n) is 4.04. The van der Waals surface area contributed by atoms with Crippen molar-refractivity contribution in [3.63, 3.8) is 0 Å². The van der Waals surface area contributed by atoms with Crippen molar-refractivity contribution in [2.45, 2.75) is 13.1 Å². The number of hydrogen-bond acceptors (Lipinski definition) is 2. The zero-order chi connectivity index (χ0) is 14.2. The van der Waals surface area contributed by atoms with Crippen molar-refractivity contribution in [1.82, 2.24) is 9.78 Å². The first-order chi connectivity index (χ1) is 8.79. The second kappa shape index (κ2) is 4.42. The van der Waals surface area contributed by atoms with Crippen molar-refractivity contribution >= 4 is 5.84 Å². The number of nitrogens with zero attached hydrogens (tertiary/aromatic N) is 2. The SMILES string of the molecule is Cc1ccn(-c2ccc(C(=N)N)c(C(F)(F)F)c2)n1. The van der Waals surface area contributed by atoms with Crippen molar-refractivity contribution in [3.8, 4) is 5.69 Å². The van der Waals surface area contributed by atoms with Crippen LogP contribution >= 0.6 is 0 Å². The van der Waals surface area contributed by atoms with Gasteiger partial charge in [0.25, 0.3) is 0 Å². The Kier molecular flexibility index (Phi) is 3.05. The van der Waals surface area contributed by atoms with Gasteiger partial charge < -0.3 is 5.73 Å². The van der Waals surface area contributed by atoms with E-state index in [1.807, 2.05) is 0 Å². The molecule has 100 valence electrons. The summed E-state index contributed by atoms with van der Waals surface area (Å²) >= 11 is 0. The summed E-state index contributed by atoms with van der Waals surface area (Å²) in [4.78, 5) is 0. The van der Waals surface area contributed by atoms with Crippen LogP contribution in [0.1, 0.15) is 16.8 Å². The van der Waals surface area contributed by atoms with Crippen LogP contribution in [-0.2, 0) is 6.18 Å². The molecule has 7 heteroatoms. The van der Waals surface area contributed by atoms with Crippen LogP contribution in [-0.4, -0.2) is 15.6 Å². The molecule has 0 aliphatic rings. The molecule has 19 heavy (non-hydrogen) atoms. The average Bonchev–Trinajstić information content (AvgIpc) is 2.74. The summed E-state index contributed by atoms with van der Waals surface area (Å²) in [5.41, 5.74) is 4.86. The van der Waals surface area contributed by atoms with E-state index in [1.165, 1.54) is 16.8 Å². The van der Waals surface area contributed by atoms with Crippen molar-refractivity contribution in [2.75, 3.05) is 0 Å². The predicted molar refractivity (Wildman–Crippen MR) is 64.3 cm³/mol. The highest BCUT2D eigenvalue weighted by Crippen LogP contribution is 2.33. The van der Waals surface area contributed by atoms with Crippen molar-refractivity contribution < 1.29 is 13.2 Å². The minimum atomic E-state index is -4.57. The Morgan fingerprint density at radius 1 is 1.32 bits per heavy atom. The molecule has 0 saturated heterocycles. The van der Waals surface area contributed by atoms with Gasteiger partial charge in [-0.3, -0.25) is 5.41 Å². The first-order valence-electron chi connectivity index (χ1n) is 5.37. The number of aryl methyl sites for hydroxylation is 1. The fourth-order valence-corrected chi connectivity index (χ4v) is 1.70. The third kappa shape index (κ3) is 2.59. The zero-order valence-corrected chi connectivity index (χ0v) is 9.99. The van der Waals surface area contributed by atoms with Gasteiger partial charge in [-0.05, 0) is 31.2 Å². The molecule has 0 unspecified atom stereocenters. The summed E-state index contributed by atoms with van der Waals surface area (Å²) in [5.74, 6) is -0.615. The summed E-state index contributed by atoms with van der Waals surface area (Å²) in [6, 6.07) is 5.24. The molecule has 2 rings (SSSR count). The van der Waals surface area contributed by atoms with Gasteiger partial charge in [0, 0.05) is 11.8 Å². The van der Waals surface area contributed by atoms with Gasteiger partial charge in [-0.1, -0.05) is 0 Å². The Hall–Kier alpha value is -2.31. The number of benzene rings is 1. The number of aromatic nitrogens is 2. The van der Waals surface area contributed by atoms with E-state index in [9.17, 15) is 13.2 Å². The molecule has 0 aliphatic carbocycles. The van der Waals surface area contributed by atoms with Crippen LogP contribution in [0, 0.1) is 12.3 Å². The number of amidine groups is 1. The lowest BCUT2D eigenvalue weighted by atomic mass is 10.1. The Morgan fingerprint density at radius 3 is 2.47 bits per heavy atom. The normalized spacial score (nSPS) is 11.6. The van der Waals surface area contributed by atoms with E-state index < -0.39 is 17.6 Å². The molecule has 0 radical (unpaired) electrons. The summed E-state index contributed by atoms with van der Waals surface area (Å²) in [6.45, 7) is 1.74. The number of halogens is 3. The van der Waals surface area contributed by atoms with E-state index in [4.69, 9.17) is 11.1 Å². The zero-order valence-electron chi connectivity index (χ0n) is 9.99. The molecular formula is C12H11F3N4. The smallest absolute Gasteiger partial charge is 0.384 e. The molecule has 0 atom stereocenters. The fraction of sp³-hybridized carbons (Fsp3) is 0.167. The lowest BCUT2D eigenvalue weighted by molar-refractivity contribution is -0.137. The van der Waals surface area contributed by atoms with Crippen molar-refractivity contribution in [3.05, 3.63) is 47.3 Å². The third-order valence-electron chi connectivity index (χ3n) is 2.59. The van der Waals surface area contributed by atoms with Crippen LogP contribution < -0.4 is 5.73 Å². The molecule has 0 aliphatic heterocycles. The summed E-state index contributed by atoms with van der Waals surface area (Å²) < 4.78 is 40.1. The molecule has 0 amide bonds. The maximum absolute atomic E-state index is 12.9. The van der Waals surface area contributed by atoms with Gasteiger partial charge >= 0.3 is 6.18 Å². The van der Waals surface area contributed by atoms with E-state index in [0.29, 0.717) is 5.69 Å². The molecule has 3 N–H and O–H groups in total. The van der Waals surface area contributed by atoms with Crippen LogP contribution in [0.2, 0.25) is 0 Å². The molecular weight excluding hydrogens is 257 g/mol. The number of rotatable bonds is 2. The first-order valence-corrected chi connectivity index (χ1v) is 5.37. The van der Waals surface area contributed by atoms with E-state index in [-0.39, 0.29) is 11.3 Å². The minimum Gasteiger partial charge on any atom is -0.384 e. The quantitative estimate of drug-likeness (QED) is 0.649. The second-order valence-corrected chi connectivity index (χ2v) is 4.04. The van der Waals surface area contributed by atoms with Crippen LogP contribution in [0.5, 0.6) is 0 Å². The predicted octanol–water partition coefficient (Wildman–Crippen LogP) is 2.48. The number of hydrogen-bond donors (Lipinski definition) is 2. The van der Waals surface area contributed by atoms with Gasteiger partial charge in [0.05, 0.1) is 16.9 Å². The maximum atomic E-state index is 12.9. The first kappa shape index (κ1) is 13.1. The lowest BCUT2D eigenvalue weighted by Gasteiger charge is -2.13. The average molecular weight is 268 g/mol. The molecule has 0 saturated carbocycles. The standard InChI is InChI=1S/C12H11F3N4/c1-7-4-5-19(18-7)8-2-3-9(11(16)17)10(6-8)12(13,14)15/h2-6H,1H3,(H3,16,17). The molecule has 2 aromatic rings. The molecule has 0 bridgehead atoms. The molecule has 4 nitrogen and oxygen atoms in total. The highest BCUT2D eigenvalue weighted by atomic mass is 19.4. The van der Waals surface area contributed by atoms with Gasteiger partial charge in [-0.2, -0.15) is 18.3 Å². The van der Waals surface area contributed by atoms with Crippen molar-refractivity contribution in [1.29, 1.82) is 5.41 Å². The van der Waals surface area contributed by atoms with E-state index in [2.05, 4.69) is 5.10 Å². The van der Waals surface area contributed by atoms with Gasteiger partial charge in [-0.15, -0.1) is 0 Å². The number of nitrogen functional groups attached to an aromatic ring is 1.